The number of amides is 1. The minimum absolute atomic E-state index is 0.0646. The smallest absolute Gasteiger partial charge is 0.251 e. The number of carbonyl (C=O) groups excluding carboxylic acids is 1. The Hall–Kier alpha value is -3.22. The van der Waals surface area contributed by atoms with Gasteiger partial charge in [0.25, 0.3) is 5.91 Å². The standard InChI is InChI=1S/C20H19FN4O2/c1-12(19-24-25-20(27-19)13-5-7-15(21)8-6-13)22-17-4-2-3-14(11-17)18(26)23-16-9-10-16/h2-8,11-12,16,22H,9-10H2,1H3,(H,23,26)/t12-/m1/s1. The summed E-state index contributed by atoms with van der Waals surface area (Å²) in [6, 6.07) is 13.2. The molecule has 1 aliphatic carbocycles. The quantitative estimate of drug-likeness (QED) is 0.691. The van der Waals surface area contributed by atoms with Crippen molar-refractivity contribution in [3.8, 4) is 11.5 Å². The maximum Gasteiger partial charge on any atom is 0.251 e. The molecule has 1 amide bonds. The molecule has 0 radical (unpaired) electrons. The maximum absolute atomic E-state index is 13.0. The molecule has 27 heavy (non-hydrogen) atoms. The van der Waals surface area contributed by atoms with Crippen molar-refractivity contribution in [1.29, 1.82) is 0 Å². The topological polar surface area (TPSA) is 80.0 Å². The van der Waals surface area contributed by atoms with Gasteiger partial charge in [-0.05, 0) is 62.2 Å². The van der Waals surface area contributed by atoms with Crippen LogP contribution in [-0.4, -0.2) is 22.1 Å². The van der Waals surface area contributed by atoms with Crippen LogP contribution >= 0.6 is 0 Å². The Morgan fingerprint density at radius 2 is 1.96 bits per heavy atom. The van der Waals surface area contributed by atoms with Crippen molar-refractivity contribution < 1.29 is 13.6 Å². The molecule has 0 saturated heterocycles. The maximum atomic E-state index is 13.0. The SMILES string of the molecule is C[C@@H](Nc1cccc(C(=O)NC2CC2)c1)c1nnc(-c2ccc(F)cc2)o1. The third kappa shape index (κ3) is 4.13. The number of halogens is 1. The number of hydrogen-bond donors (Lipinski definition) is 2. The van der Waals surface area contributed by atoms with Gasteiger partial charge in [0.1, 0.15) is 11.9 Å². The molecule has 0 bridgehead atoms. The summed E-state index contributed by atoms with van der Waals surface area (Å²) in [6.45, 7) is 1.89. The van der Waals surface area contributed by atoms with E-state index in [1.807, 2.05) is 19.1 Å². The van der Waals surface area contributed by atoms with E-state index >= 15 is 0 Å². The summed E-state index contributed by atoms with van der Waals surface area (Å²) in [5.41, 5.74) is 2.05. The molecule has 6 nitrogen and oxygen atoms in total. The van der Waals surface area contributed by atoms with Crippen LogP contribution in [0.4, 0.5) is 10.1 Å². The zero-order chi connectivity index (χ0) is 18.8. The molecule has 1 saturated carbocycles. The van der Waals surface area contributed by atoms with Crippen molar-refractivity contribution in [2.45, 2.75) is 31.8 Å². The number of benzene rings is 2. The normalized spacial score (nSPS) is 14.6. The molecule has 3 aromatic rings. The first-order valence-corrected chi connectivity index (χ1v) is 8.85. The number of hydrogen-bond acceptors (Lipinski definition) is 5. The molecule has 1 atom stereocenters. The van der Waals surface area contributed by atoms with E-state index in [1.165, 1.54) is 12.1 Å². The van der Waals surface area contributed by atoms with Gasteiger partial charge in [-0.3, -0.25) is 4.79 Å². The summed E-state index contributed by atoms with van der Waals surface area (Å²) in [6.07, 6.45) is 2.10. The van der Waals surface area contributed by atoms with E-state index in [2.05, 4.69) is 20.8 Å². The first kappa shape index (κ1) is 17.2. The Kier molecular flexibility index (Phi) is 4.58. The number of rotatable bonds is 6. The van der Waals surface area contributed by atoms with Gasteiger partial charge in [0.15, 0.2) is 0 Å². The van der Waals surface area contributed by atoms with E-state index in [4.69, 9.17) is 4.42 Å². The molecule has 0 unspecified atom stereocenters. The van der Waals surface area contributed by atoms with Crippen LogP contribution in [-0.2, 0) is 0 Å². The highest BCUT2D eigenvalue weighted by Crippen LogP contribution is 2.24. The summed E-state index contributed by atoms with van der Waals surface area (Å²) in [4.78, 5) is 12.2. The first-order valence-electron chi connectivity index (χ1n) is 8.85. The summed E-state index contributed by atoms with van der Waals surface area (Å²) in [5, 5.41) is 14.3. The second kappa shape index (κ2) is 7.19. The molecule has 0 spiro atoms. The number of nitrogens with one attached hydrogen (secondary N) is 2. The highest BCUT2D eigenvalue weighted by molar-refractivity contribution is 5.95. The van der Waals surface area contributed by atoms with Crippen molar-refractivity contribution in [1.82, 2.24) is 15.5 Å². The predicted molar refractivity (Wildman–Crippen MR) is 98.7 cm³/mol. The molecular weight excluding hydrogens is 347 g/mol. The van der Waals surface area contributed by atoms with Crippen molar-refractivity contribution in [3.05, 3.63) is 65.8 Å². The molecule has 2 aromatic carbocycles. The lowest BCUT2D eigenvalue weighted by Crippen LogP contribution is -2.25. The highest BCUT2D eigenvalue weighted by atomic mass is 19.1. The molecule has 4 rings (SSSR count). The molecule has 1 aromatic heterocycles. The van der Waals surface area contributed by atoms with Gasteiger partial charge in [-0.25, -0.2) is 4.39 Å². The van der Waals surface area contributed by atoms with E-state index in [0.29, 0.717) is 29.0 Å². The van der Waals surface area contributed by atoms with Gasteiger partial charge in [0, 0.05) is 22.9 Å². The fourth-order valence-electron chi connectivity index (χ4n) is 2.68. The number of aromatic nitrogens is 2. The van der Waals surface area contributed by atoms with Crippen LogP contribution in [0.1, 0.15) is 42.1 Å². The number of carbonyl (C=O) groups is 1. The second-order valence-corrected chi connectivity index (χ2v) is 6.65. The Morgan fingerprint density at radius 1 is 1.19 bits per heavy atom. The van der Waals surface area contributed by atoms with Gasteiger partial charge in [-0.15, -0.1) is 10.2 Å². The molecule has 2 N–H and O–H groups in total. The zero-order valence-corrected chi connectivity index (χ0v) is 14.8. The summed E-state index contributed by atoms with van der Waals surface area (Å²) >= 11 is 0. The van der Waals surface area contributed by atoms with Crippen LogP contribution in [0.2, 0.25) is 0 Å². The lowest BCUT2D eigenvalue weighted by molar-refractivity contribution is 0.0951. The van der Waals surface area contributed by atoms with Crippen molar-refractivity contribution in [3.63, 3.8) is 0 Å². The lowest BCUT2D eigenvalue weighted by atomic mass is 10.1. The van der Waals surface area contributed by atoms with Crippen LogP contribution in [0.5, 0.6) is 0 Å². The molecular formula is C20H19FN4O2. The Labute approximate surface area is 155 Å². The van der Waals surface area contributed by atoms with Crippen molar-refractivity contribution >= 4 is 11.6 Å². The van der Waals surface area contributed by atoms with Crippen LogP contribution in [0, 0.1) is 5.82 Å². The van der Waals surface area contributed by atoms with Crippen LogP contribution in [0.25, 0.3) is 11.5 Å². The van der Waals surface area contributed by atoms with Gasteiger partial charge in [-0.1, -0.05) is 6.07 Å². The minimum atomic E-state index is -0.320. The highest BCUT2D eigenvalue weighted by Gasteiger charge is 2.24. The van der Waals surface area contributed by atoms with Gasteiger partial charge in [0.2, 0.25) is 11.8 Å². The third-order valence-corrected chi connectivity index (χ3v) is 4.32. The van der Waals surface area contributed by atoms with Gasteiger partial charge in [0.05, 0.1) is 0 Å². The Balaban J connectivity index is 1.45. The van der Waals surface area contributed by atoms with Gasteiger partial charge < -0.3 is 15.1 Å². The Bertz CT molecular complexity index is 951. The van der Waals surface area contributed by atoms with Crippen LogP contribution in [0.3, 0.4) is 0 Å². The lowest BCUT2D eigenvalue weighted by Gasteiger charge is -2.12. The molecule has 1 fully saturated rings. The summed E-state index contributed by atoms with van der Waals surface area (Å²) < 4.78 is 18.7. The van der Waals surface area contributed by atoms with E-state index in [9.17, 15) is 9.18 Å². The molecule has 138 valence electrons. The van der Waals surface area contributed by atoms with E-state index in [-0.39, 0.29) is 17.8 Å². The Morgan fingerprint density at radius 3 is 2.70 bits per heavy atom. The minimum Gasteiger partial charge on any atom is -0.418 e. The molecule has 1 heterocycles. The monoisotopic (exact) mass is 366 g/mol. The van der Waals surface area contributed by atoms with Gasteiger partial charge in [-0.2, -0.15) is 0 Å². The third-order valence-electron chi connectivity index (χ3n) is 4.32. The summed E-state index contributed by atoms with van der Waals surface area (Å²) in [5.74, 6) is 0.350. The average Bonchev–Trinajstić information content (AvgIpc) is 3.34. The molecule has 1 aliphatic rings. The predicted octanol–water partition coefficient (Wildman–Crippen LogP) is 3.94. The van der Waals surface area contributed by atoms with Crippen molar-refractivity contribution in [2.75, 3.05) is 5.32 Å². The van der Waals surface area contributed by atoms with E-state index in [0.717, 1.165) is 18.5 Å². The second-order valence-electron chi connectivity index (χ2n) is 6.65. The van der Waals surface area contributed by atoms with Crippen LogP contribution < -0.4 is 10.6 Å². The fourth-order valence-corrected chi connectivity index (χ4v) is 2.68. The number of anilines is 1. The molecule has 0 aliphatic heterocycles. The molecule has 7 heteroatoms. The average molecular weight is 366 g/mol. The van der Waals surface area contributed by atoms with Crippen LogP contribution in [0.15, 0.2) is 52.9 Å². The van der Waals surface area contributed by atoms with E-state index in [1.54, 1.807) is 24.3 Å². The van der Waals surface area contributed by atoms with E-state index < -0.39 is 0 Å². The summed E-state index contributed by atoms with van der Waals surface area (Å²) in [7, 11) is 0. The first-order chi connectivity index (χ1) is 13.1. The fraction of sp³-hybridized carbons (Fsp3) is 0.250. The zero-order valence-electron chi connectivity index (χ0n) is 14.8. The van der Waals surface area contributed by atoms with Crippen molar-refractivity contribution in [2.24, 2.45) is 0 Å². The largest absolute Gasteiger partial charge is 0.418 e. The number of nitrogens with zero attached hydrogens (tertiary/aromatic N) is 2. The van der Waals surface area contributed by atoms with Gasteiger partial charge >= 0.3 is 0 Å².